The van der Waals surface area contributed by atoms with Crippen LogP contribution >= 0.6 is 11.6 Å². The summed E-state index contributed by atoms with van der Waals surface area (Å²) < 4.78 is 25.1. The first-order chi connectivity index (χ1) is 11.5. The highest BCUT2D eigenvalue weighted by molar-refractivity contribution is 7.93. The fraction of sp³-hybridized carbons (Fsp3) is 0.588. The van der Waals surface area contributed by atoms with Crippen LogP contribution in [0.15, 0.2) is 29.2 Å². The van der Waals surface area contributed by atoms with E-state index in [0.717, 1.165) is 38.8 Å². The summed E-state index contributed by atoms with van der Waals surface area (Å²) in [5.74, 6) is -0.332. The molecular weight excluding hydrogens is 348 g/mol. The van der Waals surface area contributed by atoms with Gasteiger partial charge in [0, 0.05) is 11.1 Å². The summed E-state index contributed by atoms with van der Waals surface area (Å²) >= 11 is 5.87. The van der Waals surface area contributed by atoms with E-state index in [0.29, 0.717) is 17.9 Å². The van der Waals surface area contributed by atoms with Crippen molar-refractivity contribution in [1.82, 2.24) is 10.6 Å². The van der Waals surface area contributed by atoms with E-state index < -0.39 is 14.6 Å². The van der Waals surface area contributed by atoms with Crippen LogP contribution < -0.4 is 10.6 Å². The maximum atomic E-state index is 13.2. The molecule has 7 heteroatoms. The zero-order valence-corrected chi connectivity index (χ0v) is 15.1. The van der Waals surface area contributed by atoms with Crippen LogP contribution in [-0.2, 0) is 14.6 Å². The lowest BCUT2D eigenvalue weighted by Gasteiger charge is -2.31. The van der Waals surface area contributed by atoms with E-state index in [4.69, 9.17) is 11.6 Å². The van der Waals surface area contributed by atoms with E-state index in [1.807, 2.05) is 0 Å². The molecule has 1 aromatic rings. The molecule has 0 radical (unpaired) electrons. The second kappa shape index (κ2) is 7.02. The predicted octanol–water partition coefficient (Wildman–Crippen LogP) is 2.29. The number of nitrogens with one attached hydrogen (secondary N) is 2. The Morgan fingerprint density at radius 1 is 1.12 bits per heavy atom. The van der Waals surface area contributed by atoms with Gasteiger partial charge in [-0.2, -0.15) is 0 Å². The van der Waals surface area contributed by atoms with E-state index in [1.54, 1.807) is 12.1 Å². The number of piperidine rings is 1. The summed E-state index contributed by atoms with van der Waals surface area (Å²) in [4.78, 5) is 13.2. The molecule has 1 aliphatic carbocycles. The molecule has 1 aliphatic heterocycles. The Morgan fingerprint density at radius 2 is 1.71 bits per heavy atom. The second-order valence-corrected chi connectivity index (χ2v) is 9.35. The first kappa shape index (κ1) is 17.7. The van der Waals surface area contributed by atoms with Crippen LogP contribution in [0.5, 0.6) is 0 Å². The van der Waals surface area contributed by atoms with Crippen molar-refractivity contribution in [3.63, 3.8) is 0 Å². The van der Waals surface area contributed by atoms with E-state index in [2.05, 4.69) is 10.6 Å². The van der Waals surface area contributed by atoms with Crippen molar-refractivity contribution < 1.29 is 13.2 Å². The van der Waals surface area contributed by atoms with E-state index in [1.165, 1.54) is 12.1 Å². The van der Waals surface area contributed by atoms with Crippen LogP contribution in [0.2, 0.25) is 5.02 Å². The fourth-order valence-corrected chi connectivity index (χ4v) is 5.89. The Balaban J connectivity index is 1.89. The van der Waals surface area contributed by atoms with Gasteiger partial charge in [-0.3, -0.25) is 4.79 Å². The van der Waals surface area contributed by atoms with Crippen LogP contribution in [0, 0.1) is 0 Å². The Labute approximate surface area is 148 Å². The first-order valence-corrected chi connectivity index (χ1v) is 10.3. The molecule has 5 nitrogen and oxygen atoms in total. The van der Waals surface area contributed by atoms with Crippen molar-refractivity contribution in [1.29, 1.82) is 0 Å². The standard InChI is InChI=1S/C17H23ClN2O3S/c18-13-3-5-15(6-4-13)24(22,23)17(9-1-2-10-17)16(21)20-14-7-11-19-12-8-14/h3-6,14,19H,1-2,7-12H2,(H,20,21). The van der Waals surface area contributed by atoms with Crippen molar-refractivity contribution in [2.75, 3.05) is 13.1 Å². The fourth-order valence-electron chi connectivity index (χ4n) is 3.69. The molecule has 24 heavy (non-hydrogen) atoms. The molecule has 1 heterocycles. The topological polar surface area (TPSA) is 75.3 Å². The van der Waals surface area contributed by atoms with Gasteiger partial charge in [-0.15, -0.1) is 0 Å². The Kier molecular flexibility index (Phi) is 5.18. The minimum atomic E-state index is -3.75. The van der Waals surface area contributed by atoms with Crippen LogP contribution in [0.4, 0.5) is 0 Å². The number of sulfone groups is 1. The Hall–Kier alpha value is -1.11. The number of hydrogen-bond acceptors (Lipinski definition) is 4. The predicted molar refractivity (Wildman–Crippen MR) is 93.9 cm³/mol. The zero-order valence-electron chi connectivity index (χ0n) is 13.6. The third-order valence-corrected chi connectivity index (χ3v) is 7.90. The summed E-state index contributed by atoms with van der Waals surface area (Å²) in [5.41, 5.74) is 0. The largest absolute Gasteiger partial charge is 0.352 e. The lowest BCUT2D eigenvalue weighted by atomic mass is 10.0. The molecule has 0 unspecified atom stereocenters. The highest BCUT2D eigenvalue weighted by Crippen LogP contribution is 2.41. The van der Waals surface area contributed by atoms with Gasteiger partial charge in [0.05, 0.1) is 4.90 Å². The Morgan fingerprint density at radius 3 is 2.29 bits per heavy atom. The van der Waals surface area contributed by atoms with Crippen LogP contribution in [-0.4, -0.2) is 38.2 Å². The van der Waals surface area contributed by atoms with Gasteiger partial charge >= 0.3 is 0 Å². The molecule has 2 N–H and O–H groups in total. The molecule has 1 saturated carbocycles. The highest BCUT2D eigenvalue weighted by atomic mass is 35.5. The quantitative estimate of drug-likeness (QED) is 0.852. The maximum Gasteiger partial charge on any atom is 0.242 e. The number of rotatable bonds is 4. The second-order valence-electron chi connectivity index (χ2n) is 6.66. The minimum Gasteiger partial charge on any atom is -0.352 e. The van der Waals surface area contributed by atoms with Gasteiger partial charge in [0.1, 0.15) is 0 Å². The van der Waals surface area contributed by atoms with Gasteiger partial charge in [0.2, 0.25) is 5.91 Å². The molecule has 132 valence electrons. The third-order valence-electron chi connectivity index (χ3n) is 5.14. The molecule has 1 aromatic carbocycles. The lowest BCUT2D eigenvalue weighted by molar-refractivity contribution is -0.124. The molecular formula is C17H23ClN2O3S. The summed E-state index contributed by atoms with van der Waals surface area (Å²) in [6.45, 7) is 1.70. The van der Waals surface area contributed by atoms with Gasteiger partial charge < -0.3 is 10.6 Å². The minimum absolute atomic E-state index is 0.0524. The van der Waals surface area contributed by atoms with Crippen LogP contribution in [0.3, 0.4) is 0 Å². The smallest absolute Gasteiger partial charge is 0.242 e. The molecule has 2 aliphatic rings. The average Bonchev–Trinajstić information content (AvgIpc) is 3.08. The molecule has 3 rings (SSSR count). The van der Waals surface area contributed by atoms with Crippen molar-refractivity contribution >= 4 is 27.3 Å². The highest BCUT2D eigenvalue weighted by Gasteiger charge is 2.53. The van der Waals surface area contributed by atoms with E-state index >= 15 is 0 Å². The van der Waals surface area contributed by atoms with E-state index in [-0.39, 0.29) is 16.8 Å². The SMILES string of the molecule is O=C(NC1CCNCC1)C1(S(=O)(=O)c2ccc(Cl)cc2)CCCC1. The van der Waals surface area contributed by atoms with Gasteiger partial charge in [-0.25, -0.2) is 8.42 Å². The number of hydrogen-bond donors (Lipinski definition) is 2. The molecule has 1 amide bonds. The van der Waals surface area contributed by atoms with E-state index in [9.17, 15) is 13.2 Å². The van der Waals surface area contributed by atoms with Crippen molar-refractivity contribution in [3.8, 4) is 0 Å². The van der Waals surface area contributed by atoms with Crippen LogP contribution in [0.1, 0.15) is 38.5 Å². The lowest BCUT2D eigenvalue weighted by Crippen LogP contribution is -2.54. The van der Waals surface area contributed by atoms with Crippen molar-refractivity contribution in [3.05, 3.63) is 29.3 Å². The molecule has 0 spiro atoms. The third kappa shape index (κ3) is 3.19. The maximum absolute atomic E-state index is 13.2. The number of amides is 1. The monoisotopic (exact) mass is 370 g/mol. The zero-order chi connectivity index (χ0) is 17.2. The summed E-state index contributed by atoms with van der Waals surface area (Å²) in [5, 5.41) is 6.73. The van der Waals surface area contributed by atoms with Gasteiger partial charge in [0.25, 0.3) is 0 Å². The normalized spacial score (nSPS) is 21.5. The number of carbonyl (C=O) groups is 1. The Bertz CT molecular complexity index is 691. The summed E-state index contributed by atoms with van der Waals surface area (Å²) in [7, 11) is -3.75. The number of benzene rings is 1. The van der Waals surface area contributed by atoms with Gasteiger partial charge in [-0.05, 0) is 63.0 Å². The van der Waals surface area contributed by atoms with Crippen molar-refractivity contribution in [2.45, 2.75) is 54.2 Å². The summed E-state index contributed by atoms with van der Waals surface area (Å²) in [6.07, 6.45) is 3.95. The van der Waals surface area contributed by atoms with Gasteiger partial charge in [-0.1, -0.05) is 24.4 Å². The molecule has 2 fully saturated rings. The van der Waals surface area contributed by atoms with Gasteiger partial charge in [0.15, 0.2) is 14.6 Å². The summed E-state index contributed by atoms with van der Waals surface area (Å²) in [6, 6.07) is 6.16. The number of halogens is 1. The molecule has 0 bridgehead atoms. The first-order valence-electron chi connectivity index (χ1n) is 8.48. The number of carbonyl (C=O) groups excluding carboxylic acids is 1. The van der Waals surface area contributed by atoms with Crippen molar-refractivity contribution in [2.24, 2.45) is 0 Å². The molecule has 1 saturated heterocycles. The average molecular weight is 371 g/mol. The molecule has 0 aromatic heterocycles. The molecule has 0 atom stereocenters. The van der Waals surface area contributed by atoms with Crippen LogP contribution in [0.25, 0.3) is 0 Å².